The number of hydrogen-bond donors (Lipinski definition) is 9. The molecule has 0 unspecified atom stereocenters. The second-order valence-corrected chi connectivity index (χ2v) is 18.3. The number of H-pyrrole nitrogens is 3. The van der Waals surface area contributed by atoms with Gasteiger partial charge in [-0.1, -0.05) is 23.7 Å². The zero-order chi connectivity index (χ0) is 51.5. The van der Waals surface area contributed by atoms with E-state index in [0.717, 1.165) is 38.8 Å². The van der Waals surface area contributed by atoms with Crippen LogP contribution >= 0.6 is 11.6 Å². The summed E-state index contributed by atoms with van der Waals surface area (Å²) in [5, 5.41) is 48.8. The number of nitrogens with one attached hydrogen (secondary N) is 3. The molecule has 13 aromatic rings. The summed E-state index contributed by atoms with van der Waals surface area (Å²) < 4.78 is 5.42. The van der Waals surface area contributed by atoms with Gasteiger partial charge in [0.05, 0.1) is 50.3 Å². The Hall–Kier alpha value is -9.83. The van der Waals surface area contributed by atoms with Crippen molar-refractivity contribution in [2.45, 2.75) is 46.3 Å². The van der Waals surface area contributed by atoms with Crippen molar-refractivity contribution in [3.63, 3.8) is 0 Å². The Kier molecular flexibility index (Phi) is 11.6. The second-order valence-electron chi connectivity index (χ2n) is 17.9. The molecule has 0 atom stereocenters. The van der Waals surface area contributed by atoms with E-state index in [1.807, 2.05) is 74.8 Å². The van der Waals surface area contributed by atoms with Gasteiger partial charge >= 0.3 is 0 Å². The molecule has 0 amide bonds. The van der Waals surface area contributed by atoms with Crippen molar-refractivity contribution in [2.75, 3.05) is 17.2 Å². The minimum absolute atomic E-state index is 0.108. The van der Waals surface area contributed by atoms with Crippen LogP contribution in [0.4, 0.5) is 17.5 Å². The first-order valence-electron chi connectivity index (χ1n) is 23.2. The third-order valence-electron chi connectivity index (χ3n) is 12.4. The molecule has 10 heterocycles. The van der Waals surface area contributed by atoms with E-state index in [-0.39, 0.29) is 29.3 Å². The first-order valence-corrected chi connectivity index (χ1v) is 23.6. The number of nitrogen functional groups attached to an aromatic ring is 3. The molecule has 0 aliphatic carbocycles. The maximum atomic E-state index is 10.1. The summed E-state index contributed by atoms with van der Waals surface area (Å²) in [5.41, 5.74) is 27.8. The van der Waals surface area contributed by atoms with Gasteiger partial charge < -0.3 is 47.5 Å². The van der Waals surface area contributed by atoms with Gasteiger partial charge in [-0.3, -0.25) is 4.98 Å². The number of nitrogens with two attached hydrogens (primary N) is 3. The second kappa shape index (κ2) is 18.4. The zero-order valence-electron chi connectivity index (χ0n) is 40.0. The third-order valence-corrected chi connectivity index (χ3v) is 12.7. The lowest BCUT2D eigenvalue weighted by Crippen LogP contribution is -2.04. The number of fused-ring (bicyclic) bond motifs is 6. The molecular formula is C51H46ClN19O3. The first-order chi connectivity index (χ1) is 35.7. The lowest BCUT2D eigenvalue weighted by Gasteiger charge is -2.05. The SMILES string of the molecule is CC(C)n1nc(-c2cc3c(Cl)ccc(O)c3[nH]2)c2c(N)ncnc21.CC(C)n1nc(-c2cc3c(O)cccc3[nH]2)c2c(N)ncnc21.Nc1ncnc2c1c(-c1cc3cc(O)ccc3[nH]1)nn2Cc1cccnc1. The molecule has 3 aromatic carbocycles. The van der Waals surface area contributed by atoms with Crippen LogP contribution in [0.1, 0.15) is 45.3 Å². The summed E-state index contributed by atoms with van der Waals surface area (Å²) in [6.07, 6.45) is 7.83. The van der Waals surface area contributed by atoms with Crippen LogP contribution < -0.4 is 17.2 Å². The lowest BCUT2D eigenvalue weighted by molar-refractivity contribution is 0.476. The van der Waals surface area contributed by atoms with E-state index >= 15 is 0 Å². The maximum absolute atomic E-state index is 10.1. The summed E-state index contributed by atoms with van der Waals surface area (Å²) in [5.74, 6) is 1.67. The van der Waals surface area contributed by atoms with E-state index in [1.54, 1.807) is 58.2 Å². The number of halogens is 1. The van der Waals surface area contributed by atoms with Crippen LogP contribution in [0.3, 0.4) is 0 Å². The lowest BCUT2D eigenvalue weighted by atomic mass is 10.2. The highest BCUT2D eigenvalue weighted by Gasteiger charge is 2.23. The van der Waals surface area contributed by atoms with Gasteiger partial charge in [0.2, 0.25) is 0 Å². The van der Waals surface area contributed by atoms with E-state index in [1.165, 1.54) is 19.0 Å². The molecule has 0 aliphatic rings. The van der Waals surface area contributed by atoms with Crippen LogP contribution in [0.25, 0.3) is 100.0 Å². The van der Waals surface area contributed by atoms with Crippen LogP contribution in [0.15, 0.2) is 110 Å². The third kappa shape index (κ3) is 8.23. The van der Waals surface area contributed by atoms with E-state index in [9.17, 15) is 15.3 Å². The Morgan fingerprint density at radius 2 is 1.15 bits per heavy atom. The number of benzene rings is 3. The van der Waals surface area contributed by atoms with E-state index < -0.39 is 0 Å². The minimum Gasteiger partial charge on any atom is -0.508 e. The standard InChI is InChI=1S/C19H15N7O.C16H15ClN6O.C16H16N6O/c20-18-16-17(15-7-12-6-13(27)3-4-14(12)24-15)25-26(19(16)23-10-22-18)9-11-2-1-5-21-8-11;1-7(2)23-16-12(15(18)19-6-20-16)14(22-23)10-5-8-9(17)3-4-11(24)13(8)21-10;1-8(2)22-16-13(15(17)18-7-19-16)14(21-22)11-6-9-10(20-11)4-3-5-12(9)23/h1-8,10,24,27H,9H2,(H2,20,22,23);3-7,21,24H,1-2H3,(H2,18,19,20);3-8,20,23H,1-2H3,(H2,17,18,19). The van der Waals surface area contributed by atoms with Crippen LogP contribution in [-0.2, 0) is 6.54 Å². The summed E-state index contributed by atoms with van der Waals surface area (Å²) in [7, 11) is 0. The minimum atomic E-state index is 0.108. The quantitative estimate of drug-likeness (QED) is 0.0718. The Morgan fingerprint density at radius 1 is 0.568 bits per heavy atom. The van der Waals surface area contributed by atoms with Gasteiger partial charge in [0.1, 0.15) is 70.8 Å². The largest absolute Gasteiger partial charge is 0.508 e. The predicted molar refractivity (Wildman–Crippen MR) is 285 cm³/mol. The number of aromatic amines is 3. The van der Waals surface area contributed by atoms with Crippen molar-refractivity contribution in [3.05, 3.63) is 121 Å². The first kappa shape index (κ1) is 46.5. The summed E-state index contributed by atoms with van der Waals surface area (Å²) in [6, 6.07) is 23.5. The number of anilines is 3. The summed E-state index contributed by atoms with van der Waals surface area (Å²) >= 11 is 6.23. The molecule has 23 heteroatoms. The van der Waals surface area contributed by atoms with E-state index in [0.29, 0.717) is 95.8 Å². The number of phenolic OH excluding ortho intramolecular Hbond substituents is 3. The van der Waals surface area contributed by atoms with Crippen molar-refractivity contribution in [2.24, 2.45) is 0 Å². The van der Waals surface area contributed by atoms with Crippen molar-refractivity contribution < 1.29 is 15.3 Å². The molecule has 0 spiro atoms. The summed E-state index contributed by atoms with van der Waals surface area (Å²) in [4.78, 5) is 39.3. The molecule has 370 valence electrons. The van der Waals surface area contributed by atoms with Crippen molar-refractivity contribution in [3.8, 4) is 51.4 Å². The number of rotatable bonds is 7. The average Bonchev–Trinajstić information content (AvgIpc) is 4.26. The molecule has 0 aliphatic heterocycles. The number of aromatic nitrogens is 16. The van der Waals surface area contributed by atoms with Crippen molar-refractivity contribution in [1.82, 2.24) is 79.2 Å². The number of pyridine rings is 1. The monoisotopic (exact) mass is 1010 g/mol. The van der Waals surface area contributed by atoms with Gasteiger partial charge in [0.15, 0.2) is 16.9 Å². The predicted octanol–water partition coefficient (Wildman–Crippen LogP) is 9.05. The molecule has 74 heavy (non-hydrogen) atoms. The Bertz CT molecular complexity index is 4210. The zero-order valence-corrected chi connectivity index (χ0v) is 40.8. The Labute approximate surface area is 423 Å². The Balaban J connectivity index is 0.000000120. The molecule has 13 rings (SSSR count). The van der Waals surface area contributed by atoms with Gasteiger partial charge in [-0.15, -0.1) is 0 Å². The van der Waals surface area contributed by atoms with Crippen LogP contribution in [-0.4, -0.2) is 94.5 Å². The number of aromatic hydroxyl groups is 3. The van der Waals surface area contributed by atoms with Gasteiger partial charge in [0.25, 0.3) is 0 Å². The number of hydrogen-bond acceptors (Lipinski definition) is 16. The molecular weight excluding hydrogens is 962 g/mol. The van der Waals surface area contributed by atoms with Crippen molar-refractivity contribution in [1.29, 1.82) is 0 Å². The highest BCUT2D eigenvalue weighted by molar-refractivity contribution is 6.35. The molecule has 0 fully saturated rings. The van der Waals surface area contributed by atoms with Gasteiger partial charge in [0, 0.05) is 51.7 Å². The van der Waals surface area contributed by atoms with E-state index in [4.69, 9.17) is 33.9 Å². The fraction of sp³-hybridized carbons (Fsp3) is 0.137. The molecule has 0 bridgehead atoms. The smallest absolute Gasteiger partial charge is 0.164 e. The molecule has 0 saturated heterocycles. The fourth-order valence-electron chi connectivity index (χ4n) is 8.89. The summed E-state index contributed by atoms with van der Waals surface area (Å²) in [6.45, 7) is 8.61. The van der Waals surface area contributed by atoms with E-state index in [2.05, 4.69) is 60.0 Å². The molecule has 22 nitrogen and oxygen atoms in total. The van der Waals surface area contributed by atoms with Gasteiger partial charge in [-0.25, -0.2) is 43.9 Å². The molecule has 10 aromatic heterocycles. The van der Waals surface area contributed by atoms with Crippen LogP contribution in [0, 0.1) is 0 Å². The Morgan fingerprint density at radius 3 is 1.76 bits per heavy atom. The highest BCUT2D eigenvalue weighted by Crippen LogP contribution is 2.39. The molecule has 12 N–H and O–H groups in total. The number of phenols is 3. The maximum Gasteiger partial charge on any atom is 0.164 e. The normalized spacial score (nSPS) is 11.7. The van der Waals surface area contributed by atoms with Crippen LogP contribution in [0.2, 0.25) is 5.02 Å². The van der Waals surface area contributed by atoms with Gasteiger partial charge in [-0.05, 0) is 100.0 Å². The molecule has 0 saturated carbocycles. The average molecular weight is 1010 g/mol. The van der Waals surface area contributed by atoms with Crippen LogP contribution in [0.5, 0.6) is 17.2 Å². The van der Waals surface area contributed by atoms with Crippen molar-refractivity contribution >= 4 is 94.9 Å². The molecule has 0 radical (unpaired) electrons. The fourth-order valence-corrected chi connectivity index (χ4v) is 9.11. The highest BCUT2D eigenvalue weighted by atomic mass is 35.5. The van der Waals surface area contributed by atoms with Gasteiger partial charge in [-0.2, -0.15) is 15.3 Å². The topological polar surface area (TPSA) is 330 Å². The number of nitrogens with zero attached hydrogens (tertiary/aromatic N) is 13.